The molecule has 0 saturated carbocycles. The Morgan fingerprint density at radius 1 is 1.47 bits per heavy atom. The molecule has 98 valence electrons. The molecule has 1 aromatic heterocycles. The van der Waals surface area contributed by atoms with Gasteiger partial charge in [0.25, 0.3) is 0 Å². The first-order valence-electron chi connectivity index (χ1n) is 6.19. The van der Waals surface area contributed by atoms with Crippen LogP contribution in [0.25, 0.3) is 0 Å². The van der Waals surface area contributed by atoms with Gasteiger partial charge in [-0.15, -0.1) is 0 Å². The smallest absolute Gasteiger partial charge is 0.129 e. The van der Waals surface area contributed by atoms with Crippen molar-refractivity contribution in [3.8, 4) is 0 Å². The lowest BCUT2D eigenvalue weighted by Gasteiger charge is -2.15. The highest BCUT2D eigenvalue weighted by Crippen LogP contribution is 2.01. The molecule has 1 heterocycles. The maximum atomic E-state index is 5.49. The lowest BCUT2D eigenvalue weighted by Crippen LogP contribution is -2.33. The van der Waals surface area contributed by atoms with E-state index < -0.39 is 0 Å². The van der Waals surface area contributed by atoms with Crippen molar-refractivity contribution in [1.29, 1.82) is 0 Å². The molecular formula is C13H23NO3. The van der Waals surface area contributed by atoms with E-state index in [9.17, 15) is 0 Å². The van der Waals surface area contributed by atoms with E-state index in [-0.39, 0.29) is 0 Å². The molecule has 0 aliphatic heterocycles. The van der Waals surface area contributed by atoms with Crippen molar-refractivity contribution in [2.45, 2.75) is 32.4 Å². The second-order valence-corrected chi connectivity index (χ2v) is 4.00. The van der Waals surface area contributed by atoms with E-state index in [1.165, 1.54) is 0 Å². The summed E-state index contributed by atoms with van der Waals surface area (Å²) in [5, 5.41) is 3.44. The number of rotatable bonds is 10. The summed E-state index contributed by atoms with van der Waals surface area (Å²) < 4.78 is 15.8. The van der Waals surface area contributed by atoms with E-state index in [2.05, 4.69) is 12.2 Å². The van der Waals surface area contributed by atoms with Crippen LogP contribution in [-0.4, -0.2) is 32.9 Å². The Hall–Kier alpha value is -0.840. The third-order valence-corrected chi connectivity index (χ3v) is 2.58. The van der Waals surface area contributed by atoms with Crippen LogP contribution in [0.2, 0.25) is 0 Å². The highest BCUT2D eigenvalue weighted by atomic mass is 16.5. The molecule has 4 heteroatoms. The third-order valence-electron chi connectivity index (χ3n) is 2.58. The van der Waals surface area contributed by atoms with Crippen LogP contribution in [0.1, 0.15) is 25.5 Å². The summed E-state index contributed by atoms with van der Waals surface area (Å²) in [5.74, 6) is 0.878. The quantitative estimate of drug-likeness (QED) is 0.638. The summed E-state index contributed by atoms with van der Waals surface area (Å²) in [5.41, 5.74) is 0. The fourth-order valence-corrected chi connectivity index (χ4v) is 1.57. The number of furan rings is 1. The molecule has 0 saturated heterocycles. The van der Waals surface area contributed by atoms with Crippen molar-refractivity contribution >= 4 is 0 Å². The van der Waals surface area contributed by atoms with Gasteiger partial charge in [0.1, 0.15) is 12.4 Å². The summed E-state index contributed by atoms with van der Waals surface area (Å²) in [6, 6.07) is 4.24. The van der Waals surface area contributed by atoms with Gasteiger partial charge in [0, 0.05) is 19.8 Å². The lowest BCUT2D eigenvalue weighted by molar-refractivity contribution is 0.102. The highest BCUT2D eigenvalue weighted by Gasteiger charge is 2.03. The Labute approximate surface area is 103 Å². The van der Waals surface area contributed by atoms with Crippen LogP contribution in [0, 0.1) is 0 Å². The van der Waals surface area contributed by atoms with Crippen molar-refractivity contribution in [2.75, 3.05) is 26.9 Å². The second-order valence-electron chi connectivity index (χ2n) is 4.00. The SMILES string of the molecule is CCC(COC)NCCCOCc1ccco1. The van der Waals surface area contributed by atoms with Crippen LogP contribution >= 0.6 is 0 Å². The Kier molecular flexibility index (Phi) is 7.71. The van der Waals surface area contributed by atoms with E-state index >= 15 is 0 Å². The molecule has 0 spiro atoms. The van der Waals surface area contributed by atoms with Gasteiger partial charge in [-0.25, -0.2) is 0 Å². The van der Waals surface area contributed by atoms with Gasteiger partial charge < -0.3 is 19.2 Å². The molecular weight excluding hydrogens is 218 g/mol. The molecule has 0 bridgehead atoms. The first-order valence-corrected chi connectivity index (χ1v) is 6.19. The molecule has 1 N–H and O–H groups in total. The molecule has 0 radical (unpaired) electrons. The van der Waals surface area contributed by atoms with E-state index in [1.54, 1.807) is 13.4 Å². The predicted octanol–water partition coefficient (Wildman–Crippen LogP) is 2.20. The van der Waals surface area contributed by atoms with E-state index in [0.29, 0.717) is 12.6 Å². The van der Waals surface area contributed by atoms with Crippen molar-refractivity contribution in [1.82, 2.24) is 5.32 Å². The van der Waals surface area contributed by atoms with Crippen LogP contribution < -0.4 is 5.32 Å². The largest absolute Gasteiger partial charge is 0.467 e. The van der Waals surface area contributed by atoms with Gasteiger partial charge in [-0.3, -0.25) is 0 Å². The fraction of sp³-hybridized carbons (Fsp3) is 0.692. The first-order chi connectivity index (χ1) is 8.36. The monoisotopic (exact) mass is 241 g/mol. The Bertz CT molecular complexity index is 262. The number of ether oxygens (including phenoxy) is 2. The normalized spacial score (nSPS) is 12.8. The average Bonchev–Trinajstić information content (AvgIpc) is 2.85. The van der Waals surface area contributed by atoms with Gasteiger partial charge in [0.15, 0.2) is 0 Å². The number of nitrogens with one attached hydrogen (secondary N) is 1. The molecule has 0 aromatic carbocycles. The topological polar surface area (TPSA) is 43.6 Å². The Morgan fingerprint density at radius 3 is 3.00 bits per heavy atom. The van der Waals surface area contributed by atoms with E-state index in [1.807, 2.05) is 12.1 Å². The zero-order valence-corrected chi connectivity index (χ0v) is 10.8. The van der Waals surface area contributed by atoms with Crippen molar-refractivity contribution in [3.05, 3.63) is 24.2 Å². The molecule has 1 rings (SSSR count). The second kappa shape index (κ2) is 9.22. The molecule has 0 fully saturated rings. The summed E-state index contributed by atoms with van der Waals surface area (Å²) in [4.78, 5) is 0. The highest BCUT2D eigenvalue weighted by molar-refractivity contribution is 4.95. The fourth-order valence-electron chi connectivity index (χ4n) is 1.57. The van der Waals surface area contributed by atoms with E-state index in [4.69, 9.17) is 13.9 Å². The zero-order chi connectivity index (χ0) is 12.3. The van der Waals surface area contributed by atoms with Crippen molar-refractivity contribution < 1.29 is 13.9 Å². The van der Waals surface area contributed by atoms with Gasteiger partial charge in [0.2, 0.25) is 0 Å². The van der Waals surface area contributed by atoms with Crippen molar-refractivity contribution in [2.24, 2.45) is 0 Å². The first kappa shape index (κ1) is 14.2. The molecule has 1 unspecified atom stereocenters. The van der Waals surface area contributed by atoms with Gasteiger partial charge in [-0.1, -0.05) is 6.92 Å². The van der Waals surface area contributed by atoms with E-state index in [0.717, 1.165) is 38.4 Å². The molecule has 1 atom stereocenters. The molecule has 0 aliphatic rings. The van der Waals surface area contributed by atoms with Crippen LogP contribution in [-0.2, 0) is 16.1 Å². The molecule has 17 heavy (non-hydrogen) atoms. The Morgan fingerprint density at radius 2 is 2.35 bits per heavy atom. The standard InChI is InChI=1S/C13H23NO3/c1-3-12(10-15-2)14-7-5-8-16-11-13-6-4-9-17-13/h4,6,9,12,14H,3,5,7-8,10-11H2,1-2H3. The van der Waals surface area contributed by atoms with Crippen LogP contribution in [0.4, 0.5) is 0 Å². The average molecular weight is 241 g/mol. The van der Waals surface area contributed by atoms with Crippen LogP contribution in [0.5, 0.6) is 0 Å². The number of methoxy groups -OCH3 is 1. The minimum absolute atomic E-state index is 0.449. The maximum absolute atomic E-state index is 5.49. The summed E-state index contributed by atoms with van der Waals surface area (Å²) in [7, 11) is 1.73. The van der Waals surface area contributed by atoms with Gasteiger partial charge in [-0.2, -0.15) is 0 Å². The third kappa shape index (κ3) is 6.46. The molecule has 4 nitrogen and oxygen atoms in total. The molecule has 0 aliphatic carbocycles. The minimum Gasteiger partial charge on any atom is -0.467 e. The Balaban J connectivity index is 1.93. The maximum Gasteiger partial charge on any atom is 0.129 e. The van der Waals surface area contributed by atoms with Gasteiger partial charge in [0.05, 0.1) is 12.9 Å². The predicted molar refractivity (Wildman–Crippen MR) is 66.9 cm³/mol. The minimum atomic E-state index is 0.449. The van der Waals surface area contributed by atoms with Gasteiger partial charge in [-0.05, 0) is 31.5 Å². The van der Waals surface area contributed by atoms with Crippen LogP contribution in [0.3, 0.4) is 0 Å². The zero-order valence-electron chi connectivity index (χ0n) is 10.8. The van der Waals surface area contributed by atoms with Crippen LogP contribution in [0.15, 0.2) is 22.8 Å². The summed E-state index contributed by atoms with van der Waals surface area (Å²) >= 11 is 0. The lowest BCUT2D eigenvalue weighted by atomic mass is 10.2. The van der Waals surface area contributed by atoms with Crippen molar-refractivity contribution in [3.63, 3.8) is 0 Å². The summed E-state index contributed by atoms with van der Waals surface area (Å²) in [6.07, 6.45) is 3.75. The summed E-state index contributed by atoms with van der Waals surface area (Å²) in [6.45, 7) is 5.19. The molecule has 1 aromatic rings. The number of hydrogen-bond acceptors (Lipinski definition) is 4. The van der Waals surface area contributed by atoms with Gasteiger partial charge >= 0.3 is 0 Å². The molecule has 0 amide bonds. The number of hydrogen-bond donors (Lipinski definition) is 1.